The van der Waals surface area contributed by atoms with Crippen LogP contribution in [-0.2, 0) is 0 Å². The molecule has 19 heavy (non-hydrogen) atoms. The summed E-state index contributed by atoms with van der Waals surface area (Å²) >= 11 is 1.39. The van der Waals surface area contributed by atoms with Crippen LogP contribution in [0, 0.1) is 0 Å². The third kappa shape index (κ3) is 2.80. The number of carbonyl (C=O) groups is 1. The van der Waals surface area contributed by atoms with Gasteiger partial charge in [0.15, 0.2) is 5.13 Å². The molecule has 0 saturated carbocycles. The van der Waals surface area contributed by atoms with Crippen LogP contribution in [0.4, 0.5) is 5.13 Å². The predicted molar refractivity (Wildman–Crippen MR) is 74.3 cm³/mol. The number of aromatic nitrogens is 2. The Bertz CT molecular complexity index is 564. The van der Waals surface area contributed by atoms with Crippen molar-refractivity contribution in [1.29, 1.82) is 0 Å². The molecule has 2 aromatic rings. The minimum absolute atomic E-state index is 0.213. The van der Waals surface area contributed by atoms with Crippen LogP contribution in [0.25, 0.3) is 0 Å². The fourth-order valence-corrected chi connectivity index (χ4v) is 2.68. The third-order valence-electron chi connectivity index (χ3n) is 3.07. The van der Waals surface area contributed by atoms with Crippen molar-refractivity contribution in [2.24, 2.45) is 0 Å². The molecular formula is C13H14N4OS. The number of thiazole rings is 1. The molecule has 2 aromatic heterocycles. The van der Waals surface area contributed by atoms with E-state index in [9.17, 15) is 4.79 Å². The highest BCUT2D eigenvalue weighted by Crippen LogP contribution is 2.21. The Hall–Kier alpha value is -1.79. The quantitative estimate of drug-likeness (QED) is 0.900. The van der Waals surface area contributed by atoms with Gasteiger partial charge in [0.1, 0.15) is 5.69 Å². The van der Waals surface area contributed by atoms with Gasteiger partial charge in [-0.2, -0.15) is 0 Å². The average molecular weight is 274 g/mol. The van der Waals surface area contributed by atoms with E-state index in [4.69, 9.17) is 0 Å². The van der Waals surface area contributed by atoms with Crippen molar-refractivity contribution in [2.75, 3.05) is 11.9 Å². The lowest BCUT2D eigenvalue weighted by Crippen LogP contribution is -2.18. The molecule has 3 heterocycles. The van der Waals surface area contributed by atoms with Crippen LogP contribution >= 0.6 is 11.3 Å². The summed E-state index contributed by atoms with van der Waals surface area (Å²) in [6.07, 6.45) is 3.89. The zero-order valence-corrected chi connectivity index (χ0v) is 11.1. The van der Waals surface area contributed by atoms with Crippen molar-refractivity contribution in [2.45, 2.75) is 18.9 Å². The number of rotatable bonds is 3. The molecule has 1 amide bonds. The van der Waals surface area contributed by atoms with Crippen LogP contribution in [-0.4, -0.2) is 22.4 Å². The van der Waals surface area contributed by atoms with Crippen LogP contribution in [0.15, 0.2) is 29.8 Å². The highest BCUT2D eigenvalue weighted by Gasteiger charge is 2.18. The maximum atomic E-state index is 12.1. The molecule has 5 nitrogen and oxygen atoms in total. The molecule has 1 atom stereocenters. The Morgan fingerprint density at radius 3 is 3.16 bits per heavy atom. The summed E-state index contributed by atoms with van der Waals surface area (Å²) in [6, 6.07) is 5.83. The molecule has 0 unspecified atom stereocenters. The van der Waals surface area contributed by atoms with Gasteiger partial charge in [-0.15, -0.1) is 11.3 Å². The van der Waals surface area contributed by atoms with Crippen LogP contribution in [0.1, 0.15) is 35.1 Å². The van der Waals surface area contributed by atoms with Crippen LogP contribution < -0.4 is 10.6 Å². The zero-order valence-electron chi connectivity index (χ0n) is 10.3. The van der Waals surface area contributed by atoms with Gasteiger partial charge >= 0.3 is 0 Å². The molecule has 1 fully saturated rings. The maximum Gasteiger partial charge on any atom is 0.276 e. The standard InChI is InChI=1S/C13H14N4OS/c18-12(17-13-15-7-8-19-13)11-4-1-3-10(16-11)9-5-2-6-14-9/h1,3-4,7-9,14H,2,5-6H2,(H,15,17,18)/t9-/m1/s1. The highest BCUT2D eigenvalue weighted by molar-refractivity contribution is 7.13. The molecule has 3 rings (SSSR count). The molecule has 0 aliphatic carbocycles. The minimum atomic E-state index is -0.213. The first-order valence-electron chi connectivity index (χ1n) is 6.24. The summed E-state index contributed by atoms with van der Waals surface area (Å²) in [7, 11) is 0. The Labute approximate surface area is 115 Å². The van der Waals surface area contributed by atoms with Gasteiger partial charge in [0, 0.05) is 17.6 Å². The number of hydrogen-bond acceptors (Lipinski definition) is 5. The van der Waals surface area contributed by atoms with E-state index in [-0.39, 0.29) is 11.9 Å². The second kappa shape index (κ2) is 5.46. The summed E-state index contributed by atoms with van der Waals surface area (Å²) in [4.78, 5) is 20.5. The van der Waals surface area contributed by atoms with E-state index in [1.807, 2.05) is 17.5 Å². The second-order valence-corrected chi connectivity index (χ2v) is 5.28. The van der Waals surface area contributed by atoms with E-state index in [2.05, 4.69) is 20.6 Å². The SMILES string of the molecule is O=C(Nc1nccs1)c1cccc([C@H]2CCCN2)n1. The van der Waals surface area contributed by atoms with Crippen molar-refractivity contribution in [3.63, 3.8) is 0 Å². The molecule has 2 N–H and O–H groups in total. The average Bonchev–Trinajstić information content (AvgIpc) is 3.12. The van der Waals surface area contributed by atoms with Gasteiger partial charge in [-0.3, -0.25) is 10.1 Å². The van der Waals surface area contributed by atoms with Crippen molar-refractivity contribution in [3.05, 3.63) is 41.2 Å². The second-order valence-electron chi connectivity index (χ2n) is 4.39. The van der Waals surface area contributed by atoms with Crippen molar-refractivity contribution >= 4 is 22.4 Å². The predicted octanol–water partition coefficient (Wildman–Crippen LogP) is 2.21. The number of nitrogens with zero attached hydrogens (tertiary/aromatic N) is 2. The molecule has 0 bridgehead atoms. The van der Waals surface area contributed by atoms with Gasteiger partial charge in [0.05, 0.1) is 5.69 Å². The van der Waals surface area contributed by atoms with E-state index in [0.717, 1.165) is 25.1 Å². The largest absolute Gasteiger partial charge is 0.309 e. The normalized spacial score (nSPS) is 18.4. The first kappa shape index (κ1) is 12.3. The molecule has 1 aliphatic rings. The molecule has 0 spiro atoms. The molecule has 98 valence electrons. The monoisotopic (exact) mass is 274 g/mol. The molecule has 0 aromatic carbocycles. The Balaban J connectivity index is 1.76. The third-order valence-corrected chi connectivity index (χ3v) is 3.76. The molecule has 1 saturated heterocycles. The smallest absolute Gasteiger partial charge is 0.276 e. The maximum absolute atomic E-state index is 12.1. The highest BCUT2D eigenvalue weighted by atomic mass is 32.1. The summed E-state index contributed by atoms with van der Waals surface area (Å²) in [6.45, 7) is 1.02. The van der Waals surface area contributed by atoms with Gasteiger partial charge in [0.25, 0.3) is 5.91 Å². The van der Waals surface area contributed by atoms with Crippen molar-refractivity contribution in [1.82, 2.24) is 15.3 Å². The topological polar surface area (TPSA) is 66.9 Å². The lowest BCUT2D eigenvalue weighted by molar-refractivity contribution is 0.102. The van der Waals surface area contributed by atoms with Crippen LogP contribution in [0.2, 0.25) is 0 Å². The van der Waals surface area contributed by atoms with Gasteiger partial charge in [-0.1, -0.05) is 6.07 Å². The van der Waals surface area contributed by atoms with E-state index >= 15 is 0 Å². The first-order valence-corrected chi connectivity index (χ1v) is 7.12. The Morgan fingerprint density at radius 2 is 2.42 bits per heavy atom. The van der Waals surface area contributed by atoms with Crippen LogP contribution in [0.5, 0.6) is 0 Å². The van der Waals surface area contributed by atoms with Crippen molar-refractivity contribution in [3.8, 4) is 0 Å². The molecule has 1 aliphatic heterocycles. The Morgan fingerprint density at radius 1 is 1.47 bits per heavy atom. The van der Waals surface area contributed by atoms with Gasteiger partial charge < -0.3 is 5.32 Å². The molecule has 0 radical (unpaired) electrons. The number of nitrogens with one attached hydrogen (secondary N) is 2. The molecule has 6 heteroatoms. The summed E-state index contributed by atoms with van der Waals surface area (Å²) in [5, 5.41) is 8.54. The number of anilines is 1. The first-order chi connectivity index (χ1) is 9.33. The lowest BCUT2D eigenvalue weighted by atomic mass is 10.1. The fraction of sp³-hybridized carbons (Fsp3) is 0.308. The van der Waals surface area contributed by atoms with Crippen LogP contribution in [0.3, 0.4) is 0 Å². The Kier molecular flexibility index (Phi) is 3.52. The lowest BCUT2D eigenvalue weighted by Gasteiger charge is -2.10. The van der Waals surface area contributed by atoms with Crippen molar-refractivity contribution < 1.29 is 4.79 Å². The van der Waals surface area contributed by atoms with E-state index in [0.29, 0.717) is 10.8 Å². The number of pyridine rings is 1. The van der Waals surface area contributed by atoms with E-state index in [1.54, 1.807) is 12.3 Å². The number of amides is 1. The summed E-state index contributed by atoms with van der Waals surface area (Å²) in [5.41, 5.74) is 1.37. The minimum Gasteiger partial charge on any atom is -0.309 e. The zero-order chi connectivity index (χ0) is 13.1. The van der Waals surface area contributed by atoms with Gasteiger partial charge in [-0.05, 0) is 31.5 Å². The molecular weight excluding hydrogens is 260 g/mol. The fourth-order valence-electron chi connectivity index (χ4n) is 2.16. The number of hydrogen-bond donors (Lipinski definition) is 2. The van der Waals surface area contributed by atoms with Gasteiger partial charge in [0.2, 0.25) is 0 Å². The van der Waals surface area contributed by atoms with E-state index < -0.39 is 0 Å². The summed E-state index contributed by atoms with van der Waals surface area (Å²) in [5.74, 6) is -0.213. The number of carbonyl (C=O) groups excluding carboxylic acids is 1. The van der Waals surface area contributed by atoms with Gasteiger partial charge in [-0.25, -0.2) is 9.97 Å². The van der Waals surface area contributed by atoms with E-state index in [1.165, 1.54) is 11.3 Å². The summed E-state index contributed by atoms with van der Waals surface area (Å²) < 4.78 is 0.